The molecule has 8 heteroatoms. The van der Waals surface area contributed by atoms with Gasteiger partial charge in [-0.15, -0.1) is 0 Å². The molecular weight excluding hydrogens is 432 g/mol. The van der Waals surface area contributed by atoms with Crippen LogP contribution < -0.4 is 5.73 Å². The predicted molar refractivity (Wildman–Crippen MR) is 129 cm³/mol. The Morgan fingerprint density at radius 1 is 1.09 bits per heavy atom. The van der Waals surface area contributed by atoms with Crippen LogP contribution >= 0.6 is 0 Å². The molecule has 0 aromatic heterocycles. The number of amidine groups is 1. The Morgan fingerprint density at radius 2 is 1.74 bits per heavy atom. The molecule has 2 aromatic carbocycles. The number of rotatable bonds is 6. The molecule has 1 aliphatic heterocycles. The Morgan fingerprint density at radius 3 is 2.32 bits per heavy atom. The summed E-state index contributed by atoms with van der Waals surface area (Å²) in [5.41, 5.74) is 7.77. The first-order valence-electron chi connectivity index (χ1n) is 11.5. The molecule has 1 saturated heterocycles. The normalized spacial score (nSPS) is 17.0. The molecule has 2 aromatic rings. The van der Waals surface area contributed by atoms with E-state index in [9.17, 15) is 19.6 Å². The summed E-state index contributed by atoms with van der Waals surface area (Å²) in [6.45, 7) is 6.24. The van der Waals surface area contributed by atoms with E-state index in [1.54, 1.807) is 54.6 Å². The van der Waals surface area contributed by atoms with Crippen molar-refractivity contribution in [2.24, 2.45) is 16.8 Å². The molecule has 0 spiro atoms. The molecule has 3 rings (SSSR count). The van der Waals surface area contributed by atoms with Gasteiger partial charge < -0.3 is 15.8 Å². The lowest BCUT2D eigenvalue weighted by Crippen LogP contribution is -2.55. The number of hydrogen-bond donors (Lipinski definition) is 2. The molecule has 3 amide bonds. The Bertz CT molecular complexity index is 1050. The predicted octanol–water partition coefficient (Wildman–Crippen LogP) is 3.16. The molecular formula is C26H32N4O4. The SMILES string of the molecule is Cc1ccc(C(=NO)N(C(=O)c2ccccc2)C(=O)[C@@H]2CCCN2C(=O)C(N)CC(C)C)cc1. The van der Waals surface area contributed by atoms with Crippen molar-refractivity contribution in [2.75, 3.05) is 6.54 Å². The van der Waals surface area contributed by atoms with Gasteiger partial charge in [-0.1, -0.05) is 67.0 Å². The third kappa shape index (κ3) is 5.51. The van der Waals surface area contributed by atoms with Gasteiger partial charge in [0, 0.05) is 17.7 Å². The van der Waals surface area contributed by atoms with Crippen molar-refractivity contribution < 1.29 is 19.6 Å². The monoisotopic (exact) mass is 464 g/mol. The molecule has 3 N–H and O–H groups in total. The molecule has 0 aliphatic carbocycles. The molecule has 1 fully saturated rings. The quantitative estimate of drug-likeness (QED) is 0.224. The van der Waals surface area contributed by atoms with Crippen LogP contribution in [0.15, 0.2) is 59.8 Å². The maximum atomic E-state index is 13.8. The fourth-order valence-corrected chi connectivity index (χ4v) is 4.20. The van der Waals surface area contributed by atoms with Gasteiger partial charge >= 0.3 is 0 Å². The van der Waals surface area contributed by atoms with E-state index in [2.05, 4.69) is 5.16 Å². The van der Waals surface area contributed by atoms with E-state index < -0.39 is 23.9 Å². The highest BCUT2D eigenvalue weighted by atomic mass is 16.4. The van der Waals surface area contributed by atoms with E-state index in [0.717, 1.165) is 10.5 Å². The summed E-state index contributed by atoms with van der Waals surface area (Å²) in [4.78, 5) is 42.8. The lowest BCUT2D eigenvalue weighted by molar-refractivity contribution is -0.141. The maximum Gasteiger partial charge on any atom is 0.266 e. The summed E-state index contributed by atoms with van der Waals surface area (Å²) >= 11 is 0. The second-order valence-electron chi connectivity index (χ2n) is 9.06. The zero-order chi connectivity index (χ0) is 24.8. The van der Waals surface area contributed by atoms with Gasteiger partial charge in [-0.3, -0.25) is 14.4 Å². The molecule has 8 nitrogen and oxygen atoms in total. The molecule has 1 unspecified atom stereocenters. The molecule has 1 aliphatic rings. The molecule has 0 saturated carbocycles. The number of nitrogens with two attached hydrogens (primary N) is 1. The first-order chi connectivity index (χ1) is 16.2. The van der Waals surface area contributed by atoms with Gasteiger partial charge in [-0.2, -0.15) is 0 Å². The molecule has 2 atom stereocenters. The van der Waals surface area contributed by atoms with Gasteiger partial charge in [0.1, 0.15) is 6.04 Å². The summed E-state index contributed by atoms with van der Waals surface area (Å²) in [6, 6.07) is 13.7. The van der Waals surface area contributed by atoms with Crippen LogP contribution in [0.2, 0.25) is 0 Å². The van der Waals surface area contributed by atoms with Gasteiger partial charge in [0.15, 0.2) is 5.84 Å². The average Bonchev–Trinajstić information content (AvgIpc) is 3.32. The number of benzene rings is 2. The molecule has 1 heterocycles. The van der Waals surface area contributed by atoms with E-state index in [0.29, 0.717) is 31.4 Å². The number of oxime groups is 1. The number of nitrogens with zero attached hydrogens (tertiary/aromatic N) is 3. The number of carbonyl (C=O) groups is 3. The number of aryl methyl sites for hydroxylation is 1. The smallest absolute Gasteiger partial charge is 0.266 e. The minimum absolute atomic E-state index is 0.190. The second-order valence-corrected chi connectivity index (χ2v) is 9.06. The minimum atomic E-state index is -0.874. The second kappa shape index (κ2) is 11.1. The van der Waals surface area contributed by atoms with Crippen molar-refractivity contribution in [1.29, 1.82) is 0 Å². The Hall–Kier alpha value is -3.52. The van der Waals surface area contributed by atoms with Crippen LogP contribution in [0.5, 0.6) is 0 Å². The lowest BCUT2D eigenvalue weighted by Gasteiger charge is -2.31. The summed E-state index contributed by atoms with van der Waals surface area (Å²) in [5.74, 6) is -1.53. The zero-order valence-corrected chi connectivity index (χ0v) is 19.8. The van der Waals surface area contributed by atoms with E-state index in [1.807, 2.05) is 20.8 Å². The largest absolute Gasteiger partial charge is 0.409 e. The van der Waals surface area contributed by atoms with Crippen LogP contribution in [0.4, 0.5) is 0 Å². The van der Waals surface area contributed by atoms with Crippen LogP contribution in [-0.4, -0.2) is 57.2 Å². The van der Waals surface area contributed by atoms with E-state index >= 15 is 0 Å². The summed E-state index contributed by atoms with van der Waals surface area (Å²) in [7, 11) is 0. The number of likely N-dealkylation sites (tertiary alicyclic amines) is 1. The van der Waals surface area contributed by atoms with Crippen molar-refractivity contribution in [3.05, 3.63) is 71.3 Å². The van der Waals surface area contributed by atoms with Gasteiger partial charge in [0.05, 0.1) is 6.04 Å². The van der Waals surface area contributed by atoms with Gasteiger partial charge in [-0.25, -0.2) is 4.90 Å². The van der Waals surface area contributed by atoms with E-state index in [1.165, 1.54) is 4.90 Å². The summed E-state index contributed by atoms with van der Waals surface area (Å²) in [5, 5.41) is 13.3. The van der Waals surface area contributed by atoms with Crippen LogP contribution in [0.1, 0.15) is 54.6 Å². The van der Waals surface area contributed by atoms with Crippen molar-refractivity contribution in [3.8, 4) is 0 Å². The Labute approximate surface area is 200 Å². The van der Waals surface area contributed by atoms with Crippen molar-refractivity contribution in [1.82, 2.24) is 9.80 Å². The highest BCUT2D eigenvalue weighted by molar-refractivity contribution is 6.23. The summed E-state index contributed by atoms with van der Waals surface area (Å²) < 4.78 is 0. The van der Waals surface area contributed by atoms with Crippen LogP contribution in [0.3, 0.4) is 0 Å². The number of hydrogen-bond acceptors (Lipinski definition) is 6. The zero-order valence-electron chi connectivity index (χ0n) is 19.8. The molecule has 34 heavy (non-hydrogen) atoms. The third-order valence-electron chi connectivity index (χ3n) is 5.92. The molecule has 180 valence electrons. The number of amides is 3. The Balaban J connectivity index is 2.00. The van der Waals surface area contributed by atoms with Gasteiger partial charge in [0.2, 0.25) is 5.91 Å². The van der Waals surface area contributed by atoms with E-state index in [-0.39, 0.29) is 23.2 Å². The maximum absolute atomic E-state index is 13.8. The molecule has 0 bridgehead atoms. The third-order valence-corrected chi connectivity index (χ3v) is 5.92. The van der Waals surface area contributed by atoms with Crippen LogP contribution in [-0.2, 0) is 9.59 Å². The first kappa shape index (κ1) is 25.1. The summed E-state index contributed by atoms with van der Waals surface area (Å²) in [6.07, 6.45) is 1.50. The fourth-order valence-electron chi connectivity index (χ4n) is 4.20. The van der Waals surface area contributed by atoms with Gasteiger partial charge in [0.25, 0.3) is 11.8 Å². The number of imide groups is 1. The average molecular weight is 465 g/mol. The highest BCUT2D eigenvalue weighted by Gasteiger charge is 2.42. The van der Waals surface area contributed by atoms with Crippen molar-refractivity contribution in [3.63, 3.8) is 0 Å². The molecule has 0 radical (unpaired) electrons. The van der Waals surface area contributed by atoms with Crippen molar-refractivity contribution >= 4 is 23.6 Å². The lowest BCUT2D eigenvalue weighted by atomic mass is 10.0. The topological polar surface area (TPSA) is 116 Å². The highest BCUT2D eigenvalue weighted by Crippen LogP contribution is 2.24. The van der Waals surface area contributed by atoms with Crippen molar-refractivity contribution in [2.45, 2.75) is 52.1 Å². The first-order valence-corrected chi connectivity index (χ1v) is 11.5. The standard InChI is InChI=1S/C26H32N4O4/c1-17(2)16-21(27)25(32)29-15-7-10-22(29)26(33)30(24(31)20-8-5-4-6-9-20)23(28-34)19-13-11-18(3)12-14-19/h4-6,8-9,11-14,17,21-22,34H,7,10,15-16,27H2,1-3H3/t21?,22-/m0/s1. The minimum Gasteiger partial charge on any atom is -0.409 e. The fraction of sp³-hybridized carbons (Fsp3) is 0.385. The van der Waals surface area contributed by atoms with Crippen LogP contribution in [0, 0.1) is 12.8 Å². The number of carbonyl (C=O) groups excluding carboxylic acids is 3. The van der Waals surface area contributed by atoms with Gasteiger partial charge in [-0.05, 0) is 44.2 Å². The van der Waals surface area contributed by atoms with E-state index in [4.69, 9.17) is 5.73 Å². The van der Waals surface area contributed by atoms with Crippen LogP contribution in [0.25, 0.3) is 0 Å². The Kier molecular flexibility index (Phi) is 8.17.